The summed E-state index contributed by atoms with van der Waals surface area (Å²) in [5.74, 6) is -1.23. The SMILES string of the molecule is Cl.O=C(O)c1ccnc(S(=O)(=O)Cl)c1. The minimum absolute atomic E-state index is 0. The van der Waals surface area contributed by atoms with Gasteiger partial charge in [0.1, 0.15) is 0 Å². The number of halogens is 2. The predicted octanol–water partition coefficient (Wildman–Crippen LogP) is 1.13. The Balaban J connectivity index is 0.00000169. The second kappa shape index (κ2) is 4.59. The van der Waals surface area contributed by atoms with Crippen molar-refractivity contribution in [2.75, 3.05) is 0 Å². The van der Waals surface area contributed by atoms with Gasteiger partial charge in [0.15, 0.2) is 5.03 Å². The van der Waals surface area contributed by atoms with Crippen LogP contribution in [0.15, 0.2) is 23.4 Å². The van der Waals surface area contributed by atoms with Crippen LogP contribution in [0.25, 0.3) is 0 Å². The van der Waals surface area contributed by atoms with Crippen molar-refractivity contribution in [3.05, 3.63) is 23.9 Å². The largest absolute Gasteiger partial charge is 0.478 e. The Morgan fingerprint density at radius 1 is 1.50 bits per heavy atom. The van der Waals surface area contributed by atoms with Crippen molar-refractivity contribution in [1.29, 1.82) is 0 Å². The number of aromatic nitrogens is 1. The van der Waals surface area contributed by atoms with Crippen LogP contribution in [0, 0.1) is 0 Å². The van der Waals surface area contributed by atoms with Gasteiger partial charge in [-0.15, -0.1) is 12.4 Å². The summed E-state index contributed by atoms with van der Waals surface area (Å²) in [6.45, 7) is 0. The first kappa shape index (κ1) is 13.2. The second-order valence-corrected chi connectivity index (χ2v) is 4.64. The number of carboxylic acids is 1. The minimum Gasteiger partial charge on any atom is -0.478 e. The smallest absolute Gasteiger partial charge is 0.335 e. The Morgan fingerprint density at radius 2 is 2.07 bits per heavy atom. The maximum atomic E-state index is 10.7. The van der Waals surface area contributed by atoms with Gasteiger partial charge in [-0.3, -0.25) is 0 Å². The molecular formula is C6H5Cl2NO4S. The first-order valence-corrected chi connectivity index (χ1v) is 5.36. The van der Waals surface area contributed by atoms with E-state index >= 15 is 0 Å². The molecule has 0 saturated carbocycles. The van der Waals surface area contributed by atoms with Gasteiger partial charge in [0.25, 0.3) is 9.05 Å². The predicted molar refractivity (Wildman–Crippen MR) is 51.5 cm³/mol. The zero-order valence-electron chi connectivity index (χ0n) is 6.55. The highest BCUT2D eigenvalue weighted by molar-refractivity contribution is 8.13. The molecule has 1 N–H and O–H groups in total. The zero-order valence-corrected chi connectivity index (χ0v) is 8.93. The van der Waals surface area contributed by atoms with E-state index in [0.29, 0.717) is 0 Å². The van der Waals surface area contributed by atoms with Crippen molar-refractivity contribution >= 4 is 38.1 Å². The van der Waals surface area contributed by atoms with E-state index in [-0.39, 0.29) is 18.0 Å². The minimum atomic E-state index is -3.96. The van der Waals surface area contributed by atoms with E-state index in [9.17, 15) is 13.2 Å². The highest BCUT2D eigenvalue weighted by atomic mass is 35.7. The fourth-order valence-corrected chi connectivity index (χ4v) is 1.38. The first-order chi connectivity index (χ1) is 5.91. The van der Waals surface area contributed by atoms with E-state index in [2.05, 4.69) is 4.98 Å². The molecule has 0 fully saturated rings. The number of carbonyl (C=O) groups is 1. The molecule has 0 bridgehead atoms. The third-order valence-electron chi connectivity index (χ3n) is 1.23. The van der Waals surface area contributed by atoms with Crippen molar-refractivity contribution in [2.45, 2.75) is 5.03 Å². The van der Waals surface area contributed by atoms with Gasteiger partial charge in [0, 0.05) is 16.9 Å². The Bertz CT molecular complexity index is 445. The fraction of sp³-hybridized carbons (Fsp3) is 0. The molecule has 0 aliphatic carbocycles. The second-order valence-electron chi connectivity index (χ2n) is 2.13. The molecule has 0 aliphatic rings. The lowest BCUT2D eigenvalue weighted by Crippen LogP contribution is -2.01. The summed E-state index contributed by atoms with van der Waals surface area (Å²) in [4.78, 5) is 13.8. The summed E-state index contributed by atoms with van der Waals surface area (Å²) in [5, 5.41) is 8.05. The summed E-state index contributed by atoms with van der Waals surface area (Å²) in [7, 11) is 0.991. The molecule has 0 atom stereocenters. The van der Waals surface area contributed by atoms with Gasteiger partial charge in [0.2, 0.25) is 0 Å². The molecule has 0 radical (unpaired) electrons. The van der Waals surface area contributed by atoms with Gasteiger partial charge in [-0.05, 0) is 12.1 Å². The molecule has 1 aromatic heterocycles. The fourth-order valence-electron chi connectivity index (χ4n) is 0.676. The Kier molecular flexibility index (Phi) is 4.31. The van der Waals surface area contributed by atoms with E-state index < -0.39 is 20.0 Å². The summed E-state index contributed by atoms with van der Waals surface area (Å²) >= 11 is 0. The number of nitrogens with zero attached hydrogens (tertiary/aromatic N) is 1. The van der Waals surface area contributed by atoms with E-state index in [1.165, 1.54) is 6.07 Å². The Morgan fingerprint density at radius 3 is 2.50 bits per heavy atom. The molecule has 1 heterocycles. The number of hydrogen-bond acceptors (Lipinski definition) is 4. The maximum absolute atomic E-state index is 10.7. The quantitative estimate of drug-likeness (QED) is 0.803. The van der Waals surface area contributed by atoms with Crippen LogP contribution in [0.1, 0.15) is 10.4 Å². The number of carboxylic acid groups (broad SMARTS) is 1. The third kappa shape index (κ3) is 3.13. The van der Waals surface area contributed by atoms with Gasteiger partial charge >= 0.3 is 5.97 Å². The molecular weight excluding hydrogens is 253 g/mol. The Labute approximate surface area is 90.6 Å². The molecule has 14 heavy (non-hydrogen) atoms. The lowest BCUT2D eigenvalue weighted by Gasteiger charge is -1.96. The lowest BCUT2D eigenvalue weighted by molar-refractivity contribution is 0.0696. The topological polar surface area (TPSA) is 84.3 Å². The third-order valence-corrected chi connectivity index (χ3v) is 2.43. The number of aromatic carboxylic acids is 1. The van der Waals surface area contributed by atoms with Crippen molar-refractivity contribution in [1.82, 2.24) is 4.98 Å². The van der Waals surface area contributed by atoms with Crippen LogP contribution >= 0.6 is 23.1 Å². The van der Waals surface area contributed by atoms with Crippen LogP contribution in [0.5, 0.6) is 0 Å². The number of pyridine rings is 1. The molecule has 0 aliphatic heterocycles. The molecule has 0 unspecified atom stereocenters. The first-order valence-electron chi connectivity index (χ1n) is 3.05. The molecule has 0 amide bonds. The summed E-state index contributed by atoms with van der Waals surface area (Å²) in [6, 6.07) is 2.07. The molecule has 5 nitrogen and oxygen atoms in total. The monoisotopic (exact) mass is 257 g/mol. The molecule has 0 spiro atoms. The molecule has 78 valence electrons. The highest BCUT2D eigenvalue weighted by Crippen LogP contribution is 2.12. The van der Waals surface area contributed by atoms with Crippen LogP contribution < -0.4 is 0 Å². The molecule has 1 rings (SSSR count). The number of hydrogen-bond donors (Lipinski definition) is 1. The van der Waals surface area contributed by atoms with Crippen molar-refractivity contribution in [3.63, 3.8) is 0 Å². The molecule has 0 aromatic carbocycles. The molecule has 0 saturated heterocycles. The van der Waals surface area contributed by atoms with E-state index in [0.717, 1.165) is 12.3 Å². The average Bonchev–Trinajstić information content (AvgIpc) is 2.03. The maximum Gasteiger partial charge on any atom is 0.335 e. The summed E-state index contributed by atoms with van der Waals surface area (Å²) < 4.78 is 21.4. The average molecular weight is 258 g/mol. The van der Waals surface area contributed by atoms with Gasteiger partial charge in [-0.2, -0.15) is 0 Å². The van der Waals surface area contributed by atoms with Crippen molar-refractivity contribution < 1.29 is 18.3 Å². The van der Waals surface area contributed by atoms with Gasteiger partial charge in [-0.1, -0.05) is 0 Å². The summed E-state index contributed by atoms with van der Waals surface area (Å²) in [6.07, 6.45) is 1.07. The van der Waals surface area contributed by atoms with Crippen molar-refractivity contribution in [3.8, 4) is 0 Å². The van der Waals surface area contributed by atoms with E-state index in [1.807, 2.05) is 0 Å². The van der Waals surface area contributed by atoms with Crippen LogP contribution in [-0.2, 0) is 9.05 Å². The van der Waals surface area contributed by atoms with Crippen LogP contribution in [0.4, 0.5) is 0 Å². The van der Waals surface area contributed by atoms with Crippen molar-refractivity contribution in [2.24, 2.45) is 0 Å². The van der Waals surface area contributed by atoms with Gasteiger partial charge in [0.05, 0.1) is 5.56 Å². The lowest BCUT2D eigenvalue weighted by atomic mass is 10.3. The molecule has 8 heteroatoms. The normalized spacial score (nSPS) is 10.4. The Hall–Kier alpha value is -0.850. The van der Waals surface area contributed by atoms with Crippen LogP contribution in [0.2, 0.25) is 0 Å². The van der Waals surface area contributed by atoms with E-state index in [4.69, 9.17) is 15.8 Å². The molecule has 1 aromatic rings. The number of rotatable bonds is 2. The van der Waals surface area contributed by atoms with E-state index in [1.54, 1.807) is 0 Å². The standard InChI is InChI=1S/C6H4ClNO4S.ClH/c7-13(11,12)5-3-4(6(9)10)1-2-8-5;/h1-3H,(H,9,10);1H. The van der Waals surface area contributed by atoms with Crippen LogP contribution in [0.3, 0.4) is 0 Å². The summed E-state index contributed by atoms with van der Waals surface area (Å²) in [5.41, 5.74) is -0.172. The van der Waals surface area contributed by atoms with Gasteiger partial charge in [-0.25, -0.2) is 18.2 Å². The highest BCUT2D eigenvalue weighted by Gasteiger charge is 2.13. The van der Waals surface area contributed by atoms with Crippen LogP contribution in [-0.4, -0.2) is 24.5 Å². The van der Waals surface area contributed by atoms with Gasteiger partial charge < -0.3 is 5.11 Å². The zero-order chi connectivity index (χ0) is 10.1.